The fraction of sp³-hybridized carbons (Fsp3) is 0.387. The second-order valence-electron chi connectivity index (χ2n) is 10.4. The standard InChI is InChI=1S/C17H21N5O2.C14H18N2O2/c1-20-11-14(21-9-6-18-7-10-21)12-3-2-4-13(16(12)20)22-8-5-15(23)19-17(22)24;1-3-18-13(17)7-9-15-12-6-4-5-11-8-10-16(2)14(11)12/h2-4,11,18H,5-10H2,1H3,(H,19,23,24);4-6,8,10,15H,3,7,9H2,1-2H3. The Morgan fingerprint density at radius 1 is 0.952 bits per heavy atom. The number of hydrogen-bond acceptors (Lipinski definition) is 7. The maximum Gasteiger partial charge on any atom is 0.328 e. The summed E-state index contributed by atoms with van der Waals surface area (Å²) in [6.07, 6.45) is 4.87. The minimum atomic E-state index is -0.344. The number of anilines is 3. The average Bonchev–Trinajstić information content (AvgIpc) is 3.54. The Hall–Kier alpha value is -4.51. The monoisotopic (exact) mass is 573 g/mol. The highest BCUT2D eigenvalue weighted by atomic mass is 16.5. The molecule has 4 heterocycles. The van der Waals surface area contributed by atoms with Crippen molar-refractivity contribution in [1.29, 1.82) is 0 Å². The van der Waals surface area contributed by atoms with E-state index in [4.69, 9.17) is 4.74 Å². The molecular weight excluding hydrogens is 534 g/mol. The second-order valence-corrected chi connectivity index (χ2v) is 10.4. The van der Waals surface area contributed by atoms with E-state index in [0.29, 0.717) is 32.5 Å². The number of nitrogens with zero attached hydrogens (tertiary/aromatic N) is 4. The van der Waals surface area contributed by atoms with Gasteiger partial charge in [-0.1, -0.05) is 24.3 Å². The van der Waals surface area contributed by atoms with E-state index in [1.54, 1.807) is 4.90 Å². The van der Waals surface area contributed by atoms with Gasteiger partial charge in [0.15, 0.2) is 0 Å². The van der Waals surface area contributed by atoms with Crippen LogP contribution in [0.3, 0.4) is 0 Å². The zero-order chi connectivity index (χ0) is 29.6. The van der Waals surface area contributed by atoms with Crippen LogP contribution in [0.5, 0.6) is 0 Å². The van der Waals surface area contributed by atoms with Crippen molar-refractivity contribution in [3.8, 4) is 0 Å². The minimum Gasteiger partial charge on any atom is -0.466 e. The molecule has 0 unspecified atom stereocenters. The molecule has 2 aliphatic rings. The first kappa shape index (κ1) is 29.0. The topological polar surface area (TPSA) is 113 Å². The number of nitrogens with one attached hydrogen (secondary N) is 3. The van der Waals surface area contributed by atoms with Crippen LogP contribution in [0.2, 0.25) is 0 Å². The molecule has 3 N–H and O–H groups in total. The molecule has 6 rings (SSSR count). The molecule has 3 amide bonds. The number of carbonyl (C=O) groups excluding carboxylic acids is 3. The predicted octanol–water partition coefficient (Wildman–Crippen LogP) is 3.58. The Morgan fingerprint density at radius 2 is 1.74 bits per heavy atom. The molecule has 0 bridgehead atoms. The Kier molecular flexibility index (Phi) is 8.97. The Morgan fingerprint density at radius 3 is 2.50 bits per heavy atom. The number of ether oxygens (including phenoxy) is 1. The third kappa shape index (κ3) is 6.20. The lowest BCUT2D eigenvalue weighted by atomic mass is 10.1. The van der Waals surface area contributed by atoms with Crippen molar-refractivity contribution in [3.63, 3.8) is 0 Å². The molecule has 2 aromatic carbocycles. The van der Waals surface area contributed by atoms with Gasteiger partial charge < -0.3 is 29.4 Å². The van der Waals surface area contributed by atoms with Crippen molar-refractivity contribution in [3.05, 3.63) is 54.9 Å². The number of para-hydroxylation sites is 2. The number of hydrogen-bond donors (Lipinski definition) is 3. The van der Waals surface area contributed by atoms with Gasteiger partial charge in [0.05, 0.1) is 41.1 Å². The second kappa shape index (κ2) is 13.0. The van der Waals surface area contributed by atoms with Crippen LogP contribution in [0.15, 0.2) is 54.9 Å². The van der Waals surface area contributed by atoms with Crippen molar-refractivity contribution in [2.45, 2.75) is 19.8 Å². The number of piperazine rings is 1. The van der Waals surface area contributed by atoms with Crippen molar-refractivity contribution in [2.75, 3.05) is 61.0 Å². The summed E-state index contributed by atoms with van der Waals surface area (Å²) in [7, 11) is 4.02. The third-order valence-electron chi connectivity index (χ3n) is 7.61. The van der Waals surface area contributed by atoms with E-state index in [0.717, 1.165) is 54.0 Å². The number of imide groups is 1. The highest BCUT2D eigenvalue weighted by molar-refractivity contribution is 6.11. The van der Waals surface area contributed by atoms with E-state index < -0.39 is 0 Å². The number of esters is 1. The molecule has 2 aliphatic heterocycles. The number of aromatic nitrogens is 2. The number of carbonyl (C=O) groups is 3. The first-order chi connectivity index (χ1) is 20.4. The number of benzene rings is 2. The molecule has 0 saturated carbocycles. The average molecular weight is 574 g/mol. The quantitative estimate of drug-likeness (QED) is 0.290. The Bertz CT molecular complexity index is 1580. The van der Waals surface area contributed by atoms with Gasteiger partial charge in [-0.05, 0) is 25.1 Å². The predicted molar refractivity (Wildman–Crippen MR) is 166 cm³/mol. The summed E-state index contributed by atoms with van der Waals surface area (Å²) in [5, 5.41) is 11.4. The highest BCUT2D eigenvalue weighted by Crippen LogP contribution is 2.35. The summed E-state index contributed by atoms with van der Waals surface area (Å²) < 4.78 is 9.04. The van der Waals surface area contributed by atoms with Crippen LogP contribution >= 0.6 is 0 Å². The van der Waals surface area contributed by atoms with Crippen LogP contribution in [0.25, 0.3) is 21.8 Å². The molecule has 0 radical (unpaired) electrons. The molecule has 11 heteroatoms. The van der Waals surface area contributed by atoms with Crippen molar-refractivity contribution in [1.82, 2.24) is 19.8 Å². The van der Waals surface area contributed by atoms with Gasteiger partial charge in [-0.25, -0.2) is 4.79 Å². The molecule has 222 valence electrons. The van der Waals surface area contributed by atoms with Gasteiger partial charge in [0.2, 0.25) is 5.91 Å². The van der Waals surface area contributed by atoms with E-state index >= 15 is 0 Å². The van der Waals surface area contributed by atoms with E-state index in [9.17, 15) is 14.4 Å². The summed E-state index contributed by atoms with van der Waals surface area (Å²) in [6, 6.07) is 13.9. The van der Waals surface area contributed by atoms with Gasteiger partial charge in [-0.3, -0.25) is 19.8 Å². The summed E-state index contributed by atoms with van der Waals surface area (Å²) in [4.78, 5) is 38.9. The summed E-state index contributed by atoms with van der Waals surface area (Å²) in [6.45, 7) is 7.16. The third-order valence-corrected chi connectivity index (χ3v) is 7.61. The lowest BCUT2D eigenvalue weighted by Crippen LogP contribution is -2.49. The van der Waals surface area contributed by atoms with Crippen LogP contribution in [-0.4, -0.2) is 72.9 Å². The van der Waals surface area contributed by atoms with E-state index in [1.807, 2.05) is 51.5 Å². The molecule has 4 aromatic rings. The van der Waals surface area contributed by atoms with Crippen LogP contribution < -0.4 is 25.8 Å². The van der Waals surface area contributed by atoms with Crippen LogP contribution in [0.4, 0.5) is 21.9 Å². The van der Waals surface area contributed by atoms with Gasteiger partial charge in [0.1, 0.15) is 0 Å². The van der Waals surface area contributed by atoms with Gasteiger partial charge in [0.25, 0.3) is 0 Å². The van der Waals surface area contributed by atoms with Crippen molar-refractivity contribution < 1.29 is 19.1 Å². The molecule has 2 saturated heterocycles. The summed E-state index contributed by atoms with van der Waals surface area (Å²) in [5.41, 5.74) is 5.27. The normalized spacial score (nSPS) is 15.4. The molecule has 11 nitrogen and oxygen atoms in total. The number of rotatable bonds is 7. The van der Waals surface area contributed by atoms with Crippen molar-refractivity contribution in [2.24, 2.45) is 14.1 Å². The fourth-order valence-electron chi connectivity index (χ4n) is 5.63. The van der Waals surface area contributed by atoms with Crippen LogP contribution in [0, 0.1) is 0 Å². The zero-order valence-electron chi connectivity index (χ0n) is 24.5. The maximum absolute atomic E-state index is 12.2. The van der Waals surface area contributed by atoms with E-state index in [2.05, 4.69) is 54.4 Å². The van der Waals surface area contributed by atoms with Gasteiger partial charge in [-0.2, -0.15) is 0 Å². The highest BCUT2D eigenvalue weighted by Gasteiger charge is 2.27. The van der Waals surface area contributed by atoms with Crippen molar-refractivity contribution >= 4 is 56.8 Å². The van der Waals surface area contributed by atoms with Crippen LogP contribution in [-0.2, 0) is 28.4 Å². The first-order valence-corrected chi connectivity index (χ1v) is 14.5. The summed E-state index contributed by atoms with van der Waals surface area (Å²) in [5.74, 6) is -0.374. The van der Waals surface area contributed by atoms with E-state index in [-0.39, 0.29) is 17.9 Å². The SMILES string of the molecule is CCOC(=O)CCNc1cccc2ccn(C)c12.Cn1cc(N2CCNCC2)c2cccc(N3CCC(=O)NC3=O)c21. The zero-order valence-corrected chi connectivity index (χ0v) is 24.5. The molecular formula is C31H39N7O4. The lowest BCUT2D eigenvalue weighted by molar-refractivity contribution is -0.142. The Balaban J connectivity index is 0.000000176. The molecule has 2 aromatic heterocycles. The van der Waals surface area contributed by atoms with E-state index in [1.165, 1.54) is 11.1 Å². The molecule has 0 spiro atoms. The van der Waals surface area contributed by atoms with Gasteiger partial charge in [0, 0.05) is 83.0 Å². The lowest BCUT2D eigenvalue weighted by Gasteiger charge is -2.29. The number of urea groups is 1. The van der Waals surface area contributed by atoms with Crippen LogP contribution in [0.1, 0.15) is 19.8 Å². The number of fused-ring (bicyclic) bond motifs is 2. The number of amides is 3. The largest absolute Gasteiger partial charge is 0.466 e. The molecule has 0 aliphatic carbocycles. The van der Waals surface area contributed by atoms with Gasteiger partial charge in [-0.15, -0.1) is 0 Å². The smallest absolute Gasteiger partial charge is 0.328 e. The number of aryl methyl sites for hydroxylation is 2. The molecule has 42 heavy (non-hydrogen) atoms. The fourth-order valence-corrected chi connectivity index (χ4v) is 5.63. The van der Waals surface area contributed by atoms with Gasteiger partial charge >= 0.3 is 12.0 Å². The molecule has 2 fully saturated rings. The maximum atomic E-state index is 12.2. The minimum absolute atomic E-state index is 0.163. The first-order valence-electron chi connectivity index (χ1n) is 14.5. The summed E-state index contributed by atoms with van der Waals surface area (Å²) >= 11 is 0. The molecule has 0 atom stereocenters. The Labute approximate surface area is 245 Å².